The van der Waals surface area contributed by atoms with Crippen molar-refractivity contribution in [1.82, 2.24) is 0 Å². The second-order valence-electron chi connectivity index (χ2n) is 4.25. The molecule has 0 aliphatic carbocycles. The molecule has 2 aromatic rings. The van der Waals surface area contributed by atoms with Gasteiger partial charge < -0.3 is 13.9 Å². The van der Waals surface area contributed by atoms with E-state index in [0.29, 0.717) is 22.8 Å². The third kappa shape index (κ3) is 2.47. The van der Waals surface area contributed by atoms with Crippen molar-refractivity contribution < 1.29 is 18.7 Å². The molecular weight excluding hydrogens is 244 g/mol. The summed E-state index contributed by atoms with van der Waals surface area (Å²) in [6, 6.07) is 6.81. The fraction of sp³-hybridized carbons (Fsp3) is 0.267. The van der Waals surface area contributed by atoms with Crippen LogP contribution in [-0.2, 0) is 0 Å². The van der Waals surface area contributed by atoms with E-state index in [1.165, 1.54) is 7.11 Å². The SMILES string of the molecule is COc1ccc(C(=O)c2cc(C)c(C)o2)c(OC)c1. The van der Waals surface area contributed by atoms with Crippen LogP contribution < -0.4 is 9.47 Å². The molecule has 2 rings (SSSR count). The molecular formula is C15H16O4. The smallest absolute Gasteiger partial charge is 0.231 e. The van der Waals surface area contributed by atoms with Gasteiger partial charge in [-0.05, 0) is 37.6 Å². The number of furan rings is 1. The second-order valence-corrected chi connectivity index (χ2v) is 4.25. The van der Waals surface area contributed by atoms with Crippen molar-refractivity contribution in [2.75, 3.05) is 14.2 Å². The van der Waals surface area contributed by atoms with Crippen LogP contribution in [0, 0.1) is 13.8 Å². The lowest BCUT2D eigenvalue weighted by Gasteiger charge is -2.08. The molecule has 1 aromatic carbocycles. The maximum Gasteiger partial charge on any atom is 0.231 e. The van der Waals surface area contributed by atoms with E-state index in [1.807, 2.05) is 13.8 Å². The molecule has 4 heteroatoms. The third-order valence-corrected chi connectivity index (χ3v) is 3.04. The molecule has 1 heterocycles. The quantitative estimate of drug-likeness (QED) is 0.792. The molecule has 100 valence electrons. The summed E-state index contributed by atoms with van der Waals surface area (Å²) in [5.41, 5.74) is 1.41. The highest BCUT2D eigenvalue weighted by Crippen LogP contribution is 2.27. The zero-order valence-electron chi connectivity index (χ0n) is 11.4. The van der Waals surface area contributed by atoms with Gasteiger partial charge in [-0.1, -0.05) is 0 Å². The largest absolute Gasteiger partial charge is 0.497 e. The maximum atomic E-state index is 12.4. The number of ketones is 1. The minimum absolute atomic E-state index is 0.198. The predicted molar refractivity (Wildman–Crippen MR) is 71.2 cm³/mol. The summed E-state index contributed by atoms with van der Waals surface area (Å²) in [7, 11) is 3.08. The molecule has 0 fully saturated rings. The summed E-state index contributed by atoms with van der Waals surface area (Å²) in [5, 5.41) is 0. The lowest BCUT2D eigenvalue weighted by Crippen LogP contribution is -2.03. The van der Waals surface area contributed by atoms with Crippen LogP contribution in [0.4, 0.5) is 0 Å². The van der Waals surface area contributed by atoms with Gasteiger partial charge >= 0.3 is 0 Å². The lowest BCUT2D eigenvalue weighted by atomic mass is 10.1. The van der Waals surface area contributed by atoms with Crippen molar-refractivity contribution in [2.24, 2.45) is 0 Å². The minimum Gasteiger partial charge on any atom is -0.497 e. The fourth-order valence-electron chi connectivity index (χ4n) is 1.80. The monoisotopic (exact) mass is 260 g/mol. The number of methoxy groups -OCH3 is 2. The van der Waals surface area contributed by atoms with E-state index in [9.17, 15) is 4.79 Å². The van der Waals surface area contributed by atoms with Crippen LogP contribution in [0.25, 0.3) is 0 Å². The van der Waals surface area contributed by atoms with Gasteiger partial charge in [0.1, 0.15) is 17.3 Å². The molecule has 0 N–H and O–H groups in total. The zero-order valence-corrected chi connectivity index (χ0v) is 11.4. The average molecular weight is 260 g/mol. The Labute approximate surface area is 111 Å². The van der Waals surface area contributed by atoms with Gasteiger partial charge in [-0.25, -0.2) is 0 Å². The van der Waals surface area contributed by atoms with Gasteiger partial charge in [0.15, 0.2) is 5.76 Å². The second kappa shape index (κ2) is 5.18. The molecule has 0 saturated carbocycles. The Bertz CT molecular complexity index is 591. The van der Waals surface area contributed by atoms with E-state index >= 15 is 0 Å². The molecule has 0 bridgehead atoms. The average Bonchev–Trinajstić information content (AvgIpc) is 2.77. The van der Waals surface area contributed by atoms with Gasteiger partial charge in [0.2, 0.25) is 5.78 Å². The van der Waals surface area contributed by atoms with Crippen molar-refractivity contribution in [1.29, 1.82) is 0 Å². The van der Waals surface area contributed by atoms with E-state index in [1.54, 1.807) is 31.4 Å². The number of aryl methyl sites for hydroxylation is 2. The molecule has 0 radical (unpaired) electrons. The summed E-state index contributed by atoms with van der Waals surface area (Å²) in [5.74, 6) is 1.97. The summed E-state index contributed by atoms with van der Waals surface area (Å²) in [4.78, 5) is 12.4. The molecule has 0 amide bonds. The van der Waals surface area contributed by atoms with E-state index in [-0.39, 0.29) is 5.78 Å². The van der Waals surface area contributed by atoms with Crippen molar-refractivity contribution in [3.05, 3.63) is 46.9 Å². The molecule has 4 nitrogen and oxygen atoms in total. The van der Waals surface area contributed by atoms with Gasteiger partial charge in [-0.3, -0.25) is 4.79 Å². The van der Waals surface area contributed by atoms with Crippen LogP contribution in [0.5, 0.6) is 11.5 Å². The van der Waals surface area contributed by atoms with Crippen LogP contribution >= 0.6 is 0 Å². The molecule has 0 aliphatic heterocycles. The Morgan fingerprint density at radius 1 is 1.11 bits per heavy atom. The van der Waals surface area contributed by atoms with Crippen LogP contribution in [0.15, 0.2) is 28.7 Å². The van der Waals surface area contributed by atoms with E-state index in [0.717, 1.165) is 11.3 Å². The molecule has 0 unspecified atom stereocenters. The maximum absolute atomic E-state index is 12.4. The Kier molecular flexibility index (Phi) is 3.60. The van der Waals surface area contributed by atoms with Crippen LogP contribution in [0.2, 0.25) is 0 Å². The van der Waals surface area contributed by atoms with Crippen LogP contribution in [-0.4, -0.2) is 20.0 Å². The van der Waals surface area contributed by atoms with Crippen LogP contribution in [0.3, 0.4) is 0 Å². The normalized spacial score (nSPS) is 10.3. The number of hydrogen-bond donors (Lipinski definition) is 0. The highest BCUT2D eigenvalue weighted by molar-refractivity contribution is 6.09. The molecule has 0 atom stereocenters. The summed E-state index contributed by atoms with van der Waals surface area (Å²) < 4.78 is 15.8. The Morgan fingerprint density at radius 3 is 2.37 bits per heavy atom. The number of ether oxygens (including phenoxy) is 2. The Morgan fingerprint density at radius 2 is 1.84 bits per heavy atom. The van der Waals surface area contributed by atoms with Gasteiger partial charge in [0, 0.05) is 6.07 Å². The van der Waals surface area contributed by atoms with Gasteiger partial charge in [0.05, 0.1) is 19.8 Å². The number of carbonyl (C=O) groups is 1. The van der Waals surface area contributed by atoms with Crippen LogP contribution in [0.1, 0.15) is 27.4 Å². The van der Waals surface area contributed by atoms with E-state index < -0.39 is 0 Å². The molecule has 0 spiro atoms. The molecule has 1 aromatic heterocycles. The van der Waals surface area contributed by atoms with Crippen molar-refractivity contribution in [3.8, 4) is 11.5 Å². The Balaban J connectivity index is 2.43. The fourth-order valence-corrected chi connectivity index (χ4v) is 1.80. The van der Waals surface area contributed by atoms with Gasteiger partial charge in [-0.2, -0.15) is 0 Å². The first kappa shape index (κ1) is 13.2. The van der Waals surface area contributed by atoms with E-state index in [4.69, 9.17) is 13.9 Å². The first-order chi connectivity index (χ1) is 9.06. The lowest BCUT2D eigenvalue weighted by molar-refractivity contribution is 0.100. The number of carbonyl (C=O) groups excluding carboxylic acids is 1. The number of rotatable bonds is 4. The molecule has 19 heavy (non-hydrogen) atoms. The summed E-state index contributed by atoms with van der Waals surface area (Å²) in [6.07, 6.45) is 0. The number of benzene rings is 1. The zero-order chi connectivity index (χ0) is 14.0. The minimum atomic E-state index is -0.198. The topological polar surface area (TPSA) is 48.7 Å². The predicted octanol–water partition coefficient (Wildman–Crippen LogP) is 3.14. The van der Waals surface area contributed by atoms with Gasteiger partial charge in [0.25, 0.3) is 0 Å². The highest BCUT2D eigenvalue weighted by atomic mass is 16.5. The number of hydrogen-bond acceptors (Lipinski definition) is 4. The first-order valence-electron chi connectivity index (χ1n) is 5.90. The first-order valence-corrected chi connectivity index (χ1v) is 5.90. The summed E-state index contributed by atoms with van der Waals surface area (Å²) >= 11 is 0. The van der Waals surface area contributed by atoms with Crippen molar-refractivity contribution in [3.63, 3.8) is 0 Å². The third-order valence-electron chi connectivity index (χ3n) is 3.04. The van der Waals surface area contributed by atoms with E-state index in [2.05, 4.69) is 0 Å². The van der Waals surface area contributed by atoms with Gasteiger partial charge in [-0.15, -0.1) is 0 Å². The van der Waals surface area contributed by atoms with Crippen molar-refractivity contribution >= 4 is 5.78 Å². The Hall–Kier alpha value is -2.23. The standard InChI is InChI=1S/C15H16O4/c1-9-7-14(19-10(9)2)15(16)12-6-5-11(17-3)8-13(12)18-4/h5-8H,1-4H3. The van der Waals surface area contributed by atoms with Crippen molar-refractivity contribution in [2.45, 2.75) is 13.8 Å². The summed E-state index contributed by atoms with van der Waals surface area (Å²) in [6.45, 7) is 3.73. The highest BCUT2D eigenvalue weighted by Gasteiger charge is 2.19. The molecule has 0 aliphatic rings. The molecule has 0 saturated heterocycles.